The van der Waals surface area contributed by atoms with Crippen molar-refractivity contribution in [3.63, 3.8) is 0 Å². The smallest absolute Gasteiger partial charge is 0.276 e. The molecule has 1 aliphatic heterocycles. The molecule has 0 unspecified atom stereocenters. The summed E-state index contributed by atoms with van der Waals surface area (Å²) in [6.07, 6.45) is 7.50. The summed E-state index contributed by atoms with van der Waals surface area (Å²) in [6, 6.07) is 6.40. The first-order valence-corrected chi connectivity index (χ1v) is 11.0. The quantitative estimate of drug-likeness (QED) is 0.625. The summed E-state index contributed by atoms with van der Waals surface area (Å²) >= 11 is 0. The van der Waals surface area contributed by atoms with Gasteiger partial charge < -0.3 is 9.42 Å². The van der Waals surface area contributed by atoms with E-state index < -0.39 is 0 Å². The number of aromatic nitrogens is 3. The van der Waals surface area contributed by atoms with Gasteiger partial charge in [-0.3, -0.25) is 4.79 Å². The Kier molecular flexibility index (Phi) is 5.26. The van der Waals surface area contributed by atoms with Crippen LogP contribution in [0.2, 0.25) is 0 Å². The summed E-state index contributed by atoms with van der Waals surface area (Å²) in [6.45, 7) is 3.14. The van der Waals surface area contributed by atoms with Crippen molar-refractivity contribution in [2.75, 3.05) is 13.1 Å². The van der Waals surface area contributed by atoms with Crippen LogP contribution in [0.15, 0.2) is 35.0 Å². The lowest BCUT2D eigenvalue weighted by Gasteiger charge is -2.33. The molecular weight excluding hydrogens is 395 g/mol. The third kappa shape index (κ3) is 3.84. The van der Waals surface area contributed by atoms with Gasteiger partial charge in [0, 0.05) is 42.8 Å². The molecule has 2 aromatic heterocycles. The van der Waals surface area contributed by atoms with Crippen molar-refractivity contribution in [2.45, 2.75) is 51.4 Å². The molecule has 7 heteroatoms. The molecule has 1 aromatic carbocycles. The van der Waals surface area contributed by atoms with Crippen LogP contribution in [-0.2, 0) is 12.8 Å². The first-order valence-electron chi connectivity index (χ1n) is 11.0. The minimum atomic E-state index is -0.274. The Labute approximate surface area is 180 Å². The van der Waals surface area contributed by atoms with E-state index in [-0.39, 0.29) is 17.6 Å². The van der Waals surface area contributed by atoms with Gasteiger partial charge in [-0.05, 0) is 56.7 Å². The molecule has 0 N–H and O–H groups in total. The van der Waals surface area contributed by atoms with Crippen LogP contribution in [0, 0.1) is 12.7 Å². The molecule has 1 saturated heterocycles. The SMILES string of the molecule is Cc1ncc(-c2ccc(F)cc2)c([C@@H]2CCCN(C(=O)c3noc4c3CCCC4)C2)n1. The number of benzene rings is 1. The number of halogens is 1. The average molecular weight is 420 g/mol. The Bertz CT molecular complexity index is 1110. The molecule has 1 fully saturated rings. The predicted molar refractivity (Wildman–Crippen MR) is 113 cm³/mol. The molecule has 5 rings (SSSR count). The molecular formula is C24H25FN4O2. The highest BCUT2D eigenvalue weighted by atomic mass is 19.1. The number of hydrogen-bond acceptors (Lipinski definition) is 5. The van der Waals surface area contributed by atoms with Crippen LogP contribution < -0.4 is 0 Å². The van der Waals surface area contributed by atoms with Crippen molar-refractivity contribution in [3.05, 3.63) is 64.8 Å². The Hall–Kier alpha value is -3.09. The van der Waals surface area contributed by atoms with Crippen molar-refractivity contribution < 1.29 is 13.7 Å². The Morgan fingerprint density at radius 3 is 2.81 bits per heavy atom. The molecule has 1 atom stereocenters. The minimum absolute atomic E-state index is 0.0503. The molecule has 0 bridgehead atoms. The summed E-state index contributed by atoms with van der Waals surface area (Å²) in [4.78, 5) is 24.3. The normalized spacial score (nSPS) is 18.6. The summed E-state index contributed by atoms with van der Waals surface area (Å²) in [5.41, 5.74) is 4.16. The molecule has 0 spiro atoms. The number of rotatable bonds is 3. The van der Waals surface area contributed by atoms with Gasteiger partial charge in [0.1, 0.15) is 17.4 Å². The van der Waals surface area contributed by atoms with Gasteiger partial charge in [0.25, 0.3) is 5.91 Å². The van der Waals surface area contributed by atoms with Crippen LogP contribution in [0.25, 0.3) is 11.1 Å². The first-order chi connectivity index (χ1) is 15.1. The fourth-order valence-electron chi connectivity index (χ4n) is 4.74. The monoisotopic (exact) mass is 420 g/mol. The number of nitrogens with zero attached hydrogens (tertiary/aromatic N) is 4. The van der Waals surface area contributed by atoms with Crippen molar-refractivity contribution >= 4 is 5.91 Å². The number of aryl methyl sites for hydroxylation is 2. The lowest BCUT2D eigenvalue weighted by Crippen LogP contribution is -2.40. The van der Waals surface area contributed by atoms with Gasteiger partial charge in [-0.2, -0.15) is 0 Å². The van der Waals surface area contributed by atoms with E-state index >= 15 is 0 Å². The standard InChI is InChI=1S/C24H25FN4O2/c1-15-26-13-20(16-8-10-18(25)11-9-16)22(27-15)17-5-4-12-29(14-17)24(30)23-19-6-2-3-7-21(19)31-28-23/h8-11,13,17H,2-7,12,14H2,1H3/t17-/m1/s1. The Morgan fingerprint density at radius 1 is 1.16 bits per heavy atom. The van der Waals surface area contributed by atoms with Gasteiger partial charge in [-0.1, -0.05) is 17.3 Å². The Balaban J connectivity index is 1.43. The van der Waals surface area contributed by atoms with Gasteiger partial charge in [0.2, 0.25) is 0 Å². The van der Waals surface area contributed by atoms with Gasteiger partial charge in [-0.15, -0.1) is 0 Å². The van der Waals surface area contributed by atoms with Crippen molar-refractivity contribution in [2.24, 2.45) is 0 Å². The molecule has 31 heavy (non-hydrogen) atoms. The van der Waals surface area contributed by atoms with Crippen LogP contribution in [0.1, 0.15) is 64.9 Å². The van der Waals surface area contributed by atoms with Crippen LogP contribution in [0.4, 0.5) is 4.39 Å². The first kappa shape index (κ1) is 19.8. The van der Waals surface area contributed by atoms with Gasteiger partial charge >= 0.3 is 0 Å². The third-order valence-electron chi connectivity index (χ3n) is 6.34. The highest BCUT2D eigenvalue weighted by molar-refractivity contribution is 5.94. The molecule has 2 aliphatic rings. The number of likely N-dealkylation sites (tertiary alicyclic amines) is 1. The predicted octanol–water partition coefficient (Wildman–Crippen LogP) is 4.48. The van der Waals surface area contributed by atoms with E-state index in [9.17, 15) is 9.18 Å². The second-order valence-corrected chi connectivity index (χ2v) is 8.45. The number of piperidine rings is 1. The summed E-state index contributed by atoms with van der Waals surface area (Å²) < 4.78 is 18.9. The van der Waals surface area contributed by atoms with Crippen LogP contribution in [0.3, 0.4) is 0 Å². The van der Waals surface area contributed by atoms with E-state index in [0.29, 0.717) is 24.6 Å². The minimum Gasteiger partial charge on any atom is -0.360 e. The summed E-state index contributed by atoms with van der Waals surface area (Å²) in [7, 11) is 0. The van der Waals surface area contributed by atoms with E-state index in [1.54, 1.807) is 18.3 Å². The highest BCUT2D eigenvalue weighted by Gasteiger charge is 2.32. The maximum absolute atomic E-state index is 13.4. The average Bonchev–Trinajstić information content (AvgIpc) is 3.23. The lowest BCUT2D eigenvalue weighted by atomic mass is 9.89. The van der Waals surface area contributed by atoms with Gasteiger partial charge in [0.15, 0.2) is 5.69 Å². The molecule has 3 heterocycles. The molecule has 1 amide bonds. The highest BCUT2D eigenvalue weighted by Crippen LogP contribution is 2.34. The lowest BCUT2D eigenvalue weighted by molar-refractivity contribution is 0.0694. The van der Waals surface area contributed by atoms with Crippen LogP contribution in [-0.4, -0.2) is 39.0 Å². The fourth-order valence-corrected chi connectivity index (χ4v) is 4.74. The second kappa shape index (κ2) is 8.21. The fraction of sp³-hybridized carbons (Fsp3) is 0.417. The molecule has 160 valence electrons. The number of amides is 1. The molecule has 0 saturated carbocycles. The topological polar surface area (TPSA) is 72.1 Å². The maximum Gasteiger partial charge on any atom is 0.276 e. The molecule has 3 aromatic rings. The van der Waals surface area contributed by atoms with E-state index in [0.717, 1.165) is 66.7 Å². The molecule has 0 radical (unpaired) electrons. The van der Waals surface area contributed by atoms with E-state index in [1.165, 1.54) is 12.1 Å². The van der Waals surface area contributed by atoms with Crippen LogP contribution in [0.5, 0.6) is 0 Å². The molecule has 1 aliphatic carbocycles. The zero-order valence-corrected chi connectivity index (χ0v) is 17.6. The van der Waals surface area contributed by atoms with Gasteiger partial charge in [0.05, 0.1) is 5.69 Å². The third-order valence-corrected chi connectivity index (χ3v) is 6.34. The van der Waals surface area contributed by atoms with Crippen LogP contribution >= 0.6 is 0 Å². The number of hydrogen-bond donors (Lipinski definition) is 0. The number of fused-ring (bicyclic) bond motifs is 1. The number of carbonyl (C=O) groups is 1. The zero-order valence-electron chi connectivity index (χ0n) is 17.6. The van der Waals surface area contributed by atoms with E-state index in [1.807, 2.05) is 11.8 Å². The summed E-state index contributed by atoms with van der Waals surface area (Å²) in [5.74, 6) is 1.32. The number of carbonyl (C=O) groups excluding carboxylic acids is 1. The maximum atomic E-state index is 13.4. The zero-order chi connectivity index (χ0) is 21.4. The molecule has 6 nitrogen and oxygen atoms in total. The van der Waals surface area contributed by atoms with Gasteiger partial charge in [-0.25, -0.2) is 14.4 Å². The summed E-state index contributed by atoms with van der Waals surface area (Å²) in [5, 5.41) is 4.13. The largest absolute Gasteiger partial charge is 0.360 e. The van der Waals surface area contributed by atoms with Crippen molar-refractivity contribution in [1.82, 2.24) is 20.0 Å². The van der Waals surface area contributed by atoms with Crippen molar-refractivity contribution in [1.29, 1.82) is 0 Å². The second-order valence-electron chi connectivity index (χ2n) is 8.45. The Morgan fingerprint density at radius 2 is 1.97 bits per heavy atom. The van der Waals surface area contributed by atoms with Crippen molar-refractivity contribution in [3.8, 4) is 11.1 Å². The van der Waals surface area contributed by atoms with E-state index in [4.69, 9.17) is 9.51 Å². The van der Waals surface area contributed by atoms with E-state index in [2.05, 4.69) is 10.1 Å².